The highest BCUT2D eigenvalue weighted by atomic mass is 19.1. The summed E-state index contributed by atoms with van der Waals surface area (Å²) < 4.78 is 26.9. The van der Waals surface area contributed by atoms with Crippen molar-refractivity contribution in [2.24, 2.45) is 0 Å². The first-order chi connectivity index (χ1) is 19.1. The van der Waals surface area contributed by atoms with Crippen molar-refractivity contribution < 1.29 is 28.3 Å². The lowest BCUT2D eigenvalue weighted by Gasteiger charge is -2.32. The van der Waals surface area contributed by atoms with Crippen LogP contribution in [-0.2, 0) is 12.8 Å². The first-order valence-electron chi connectivity index (χ1n) is 14.0. The van der Waals surface area contributed by atoms with E-state index in [9.17, 15) is 28.3 Å². The fraction of sp³-hybridized carbons (Fsp3) is 0.607. The molecule has 3 N–H and O–H groups in total. The Labute approximate surface area is 232 Å². The van der Waals surface area contributed by atoms with Gasteiger partial charge in [-0.05, 0) is 51.9 Å². The van der Waals surface area contributed by atoms with Gasteiger partial charge in [-0.1, -0.05) is 0 Å². The van der Waals surface area contributed by atoms with Crippen LogP contribution < -0.4 is 0 Å². The van der Waals surface area contributed by atoms with Gasteiger partial charge in [-0.2, -0.15) is 0 Å². The number of alkyl halides is 2. The maximum Gasteiger partial charge on any atom is 0.270 e. The maximum atomic E-state index is 13.5. The summed E-state index contributed by atoms with van der Waals surface area (Å²) in [5.41, 5.74) is 3.25. The Morgan fingerprint density at radius 2 is 1.30 bits per heavy atom. The van der Waals surface area contributed by atoms with Gasteiger partial charge in [0.2, 0.25) is 0 Å². The second-order valence-corrected chi connectivity index (χ2v) is 11.3. The van der Waals surface area contributed by atoms with E-state index in [1.54, 1.807) is 15.9 Å². The summed E-state index contributed by atoms with van der Waals surface area (Å²) in [7, 11) is 4.06. The second kappa shape index (κ2) is 11.8. The van der Waals surface area contributed by atoms with Crippen molar-refractivity contribution in [1.29, 1.82) is 0 Å². The largest absolute Gasteiger partial charge is 0.385 e. The number of rotatable bonds is 2. The molecule has 0 bridgehead atoms. The molecule has 0 aromatic carbocycles. The van der Waals surface area contributed by atoms with E-state index in [4.69, 9.17) is 0 Å². The third-order valence-electron chi connectivity index (χ3n) is 8.40. The number of ketones is 1. The lowest BCUT2D eigenvalue weighted by molar-refractivity contribution is 0.0640. The van der Waals surface area contributed by atoms with E-state index in [0.717, 1.165) is 31.9 Å². The van der Waals surface area contributed by atoms with Crippen LogP contribution in [0.5, 0.6) is 0 Å². The number of carbonyl (C=O) groups excluding carboxylic acids is 3. The van der Waals surface area contributed by atoms with Crippen LogP contribution in [0.2, 0.25) is 0 Å². The number of Topliss-reactive ketones (excluding diaryl/α,β-unsaturated/α-hetero) is 1. The summed E-state index contributed by atoms with van der Waals surface area (Å²) in [5, 5.41) is 9.84. The Hall–Kier alpha value is -3.09. The van der Waals surface area contributed by atoms with Crippen molar-refractivity contribution in [3.8, 4) is 0 Å². The van der Waals surface area contributed by atoms with Crippen molar-refractivity contribution in [3.05, 3.63) is 46.0 Å². The molecule has 6 rings (SSSR count). The molecule has 3 atom stereocenters. The Morgan fingerprint density at radius 1 is 0.800 bits per heavy atom. The van der Waals surface area contributed by atoms with Crippen LogP contribution in [-0.4, -0.2) is 131 Å². The molecular formula is C28H38F2N6O4. The quantitative estimate of drug-likeness (QED) is 0.514. The topological polar surface area (TPSA) is 116 Å². The molecule has 2 aromatic heterocycles. The lowest BCUT2D eigenvalue weighted by atomic mass is 9.93. The zero-order chi connectivity index (χ0) is 28.6. The van der Waals surface area contributed by atoms with Gasteiger partial charge in [0, 0.05) is 74.9 Å². The van der Waals surface area contributed by atoms with Gasteiger partial charge in [-0.3, -0.25) is 14.4 Å². The number of aliphatic hydroxyl groups is 1. The molecule has 4 heterocycles. The molecule has 10 nitrogen and oxygen atoms in total. The molecule has 2 aliphatic heterocycles. The number of nitrogens with one attached hydrogen (secondary N) is 2. The molecule has 4 aliphatic rings. The SMILES string of the molecule is CN1CCN(C(=O)c2cc3c([nH]2)CCC(F)C3=O)CC1.CN1CCN(C(=O)c2cc3c([nH]2)CCC(F)C3O)CC1. The molecule has 12 heteroatoms. The third-order valence-corrected chi connectivity index (χ3v) is 8.40. The minimum atomic E-state index is -1.43. The predicted octanol–water partition coefficient (Wildman–Crippen LogP) is 1.59. The number of fused-ring (bicyclic) bond motifs is 2. The van der Waals surface area contributed by atoms with Crippen LogP contribution in [0.4, 0.5) is 8.78 Å². The zero-order valence-electron chi connectivity index (χ0n) is 23.1. The smallest absolute Gasteiger partial charge is 0.270 e. The van der Waals surface area contributed by atoms with Crippen molar-refractivity contribution in [3.63, 3.8) is 0 Å². The number of piperazine rings is 2. The number of hydrogen-bond acceptors (Lipinski definition) is 6. The van der Waals surface area contributed by atoms with Crippen molar-refractivity contribution in [2.75, 3.05) is 66.5 Å². The molecule has 3 unspecified atom stereocenters. The Bertz CT molecular complexity index is 1250. The van der Waals surface area contributed by atoms with Gasteiger partial charge in [-0.15, -0.1) is 0 Å². The Morgan fingerprint density at radius 3 is 1.88 bits per heavy atom. The van der Waals surface area contributed by atoms with E-state index in [1.807, 2.05) is 14.1 Å². The second-order valence-electron chi connectivity index (χ2n) is 11.3. The van der Waals surface area contributed by atoms with Crippen LogP contribution in [0.15, 0.2) is 12.1 Å². The summed E-state index contributed by atoms with van der Waals surface area (Å²) >= 11 is 0. The van der Waals surface area contributed by atoms with Crippen LogP contribution >= 0.6 is 0 Å². The average molecular weight is 561 g/mol. The molecule has 40 heavy (non-hydrogen) atoms. The van der Waals surface area contributed by atoms with Crippen LogP contribution in [0.1, 0.15) is 67.2 Å². The number of carbonyl (C=O) groups is 3. The number of aliphatic hydroxyl groups excluding tert-OH is 1. The number of nitrogens with zero attached hydrogens (tertiary/aromatic N) is 4. The highest BCUT2D eigenvalue weighted by Crippen LogP contribution is 2.32. The fourth-order valence-electron chi connectivity index (χ4n) is 5.69. The van der Waals surface area contributed by atoms with Gasteiger partial charge < -0.3 is 34.7 Å². The van der Waals surface area contributed by atoms with Gasteiger partial charge in [-0.25, -0.2) is 8.78 Å². The van der Waals surface area contributed by atoms with Gasteiger partial charge in [0.05, 0.1) is 0 Å². The molecule has 0 saturated carbocycles. The van der Waals surface area contributed by atoms with Crippen LogP contribution in [0, 0.1) is 0 Å². The fourth-order valence-corrected chi connectivity index (χ4v) is 5.69. The molecule has 2 amide bonds. The van der Waals surface area contributed by atoms with Gasteiger partial charge in [0.1, 0.15) is 23.7 Å². The van der Waals surface area contributed by atoms with E-state index in [2.05, 4.69) is 19.8 Å². The summed E-state index contributed by atoms with van der Waals surface area (Å²) in [6.45, 7) is 6.18. The van der Waals surface area contributed by atoms with Crippen molar-refractivity contribution >= 4 is 17.6 Å². The van der Waals surface area contributed by atoms with Crippen LogP contribution in [0.3, 0.4) is 0 Å². The molecule has 2 fully saturated rings. The van der Waals surface area contributed by atoms with E-state index in [0.29, 0.717) is 73.7 Å². The van der Waals surface area contributed by atoms with Crippen molar-refractivity contribution in [2.45, 2.75) is 44.1 Å². The average Bonchev–Trinajstić information content (AvgIpc) is 3.59. The highest BCUT2D eigenvalue weighted by molar-refractivity contribution is 6.04. The number of likely N-dealkylation sites (N-methyl/N-ethyl adjacent to an activating group) is 2. The number of amides is 2. The minimum Gasteiger partial charge on any atom is -0.385 e. The van der Waals surface area contributed by atoms with E-state index >= 15 is 0 Å². The summed E-state index contributed by atoms with van der Waals surface area (Å²) in [6, 6.07) is 3.14. The van der Waals surface area contributed by atoms with Gasteiger partial charge >= 0.3 is 0 Å². The van der Waals surface area contributed by atoms with Gasteiger partial charge in [0.25, 0.3) is 11.8 Å². The van der Waals surface area contributed by atoms with E-state index in [-0.39, 0.29) is 18.2 Å². The first-order valence-corrected chi connectivity index (χ1v) is 14.0. The molecule has 2 aliphatic carbocycles. The normalized spacial score (nSPS) is 25.6. The Kier molecular flexibility index (Phi) is 8.39. The lowest BCUT2D eigenvalue weighted by Crippen LogP contribution is -2.47. The molecule has 2 saturated heterocycles. The number of hydrogen-bond donors (Lipinski definition) is 3. The third kappa shape index (κ3) is 5.84. The first kappa shape index (κ1) is 28.4. The number of H-pyrrole nitrogens is 2. The number of aromatic nitrogens is 2. The predicted molar refractivity (Wildman–Crippen MR) is 144 cm³/mol. The van der Waals surface area contributed by atoms with Crippen molar-refractivity contribution in [1.82, 2.24) is 29.6 Å². The summed E-state index contributed by atoms with van der Waals surface area (Å²) in [4.78, 5) is 50.5. The van der Waals surface area contributed by atoms with E-state index < -0.39 is 24.2 Å². The number of aromatic amines is 2. The van der Waals surface area contributed by atoms with Crippen LogP contribution in [0.25, 0.3) is 0 Å². The zero-order valence-corrected chi connectivity index (χ0v) is 23.1. The number of halogens is 2. The minimum absolute atomic E-state index is 0.0601. The monoisotopic (exact) mass is 560 g/mol. The molecule has 218 valence electrons. The summed E-state index contributed by atoms with van der Waals surface area (Å²) in [5.74, 6) is -0.661. The number of aryl methyl sites for hydroxylation is 2. The van der Waals surface area contributed by atoms with E-state index in [1.165, 1.54) is 6.07 Å². The Balaban J connectivity index is 0.000000161. The molecule has 2 aromatic rings. The maximum absolute atomic E-state index is 13.5. The standard InChI is InChI=1S/C14H20FN3O2.C14H18FN3O2/c2*1-17-4-6-18(7-5-17)14(20)12-8-9-11(16-12)3-2-10(15)13(9)19/h8,10,13,16,19H,2-7H2,1H3;8,10,16H,2-7H2,1H3. The summed E-state index contributed by atoms with van der Waals surface area (Å²) in [6.07, 6.45) is -2.23. The highest BCUT2D eigenvalue weighted by Gasteiger charge is 2.33. The molecule has 0 radical (unpaired) electrons. The molecule has 0 spiro atoms. The van der Waals surface area contributed by atoms with Gasteiger partial charge in [0.15, 0.2) is 12.0 Å². The molecular weight excluding hydrogens is 522 g/mol.